The van der Waals surface area contributed by atoms with Crippen molar-refractivity contribution in [3.05, 3.63) is 33.4 Å². The Morgan fingerprint density at radius 3 is 2.85 bits per heavy atom. The van der Waals surface area contributed by atoms with Crippen LogP contribution in [0.5, 0.6) is 0 Å². The Bertz CT molecular complexity index is 543. The zero-order valence-corrected chi connectivity index (χ0v) is 11.6. The van der Waals surface area contributed by atoms with Crippen LogP contribution in [0.2, 0.25) is 0 Å². The average molecular weight is 277 g/mol. The number of amides is 1. The highest BCUT2D eigenvalue weighted by Crippen LogP contribution is 2.38. The Morgan fingerprint density at radius 2 is 2.25 bits per heavy atom. The van der Waals surface area contributed by atoms with Crippen molar-refractivity contribution in [2.24, 2.45) is 5.73 Å². The summed E-state index contributed by atoms with van der Waals surface area (Å²) in [6.45, 7) is 2.93. The van der Waals surface area contributed by atoms with E-state index in [0.717, 1.165) is 17.5 Å². The quantitative estimate of drug-likeness (QED) is 0.656. The van der Waals surface area contributed by atoms with E-state index in [0.29, 0.717) is 38.0 Å². The molecule has 2 N–H and O–H groups in total. The number of carbonyl (C=O) groups is 1. The Labute approximate surface area is 117 Å². The lowest BCUT2D eigenvalue weighted by Crippen LogP contribution is -2.29. The van der Waals surface area contributed by atoms with Crippen LogP contribution in [0.4, 0.5) is 11.4 Å². The molecule has 1 aromatic carbocycles. The zero-order chi connectivity index (χ0) is 14.7. The van der Waals surface area contributed by atoms with Crippen LogP contribution in [0.25, 0.3) is 0 Å². The van der Waals surface area contributed by atoms with Gasteiger partial charge in [0, 0.05) is 19.0 Å². The number of carbonyl (C=O) groups excluding carboxylic acids is 1. The van der Waals surface area contributed by atoms with Gasteiger partial charge in [-0.05, 0) is 36.9 Å². The van der Waals surface area contributed by atoms with Crippen LogP contribution in [-0.2, 0) is 17.6 Å². The minimum Gasteiger partial charge on any atom is -0.330 e. The van der Waals surface area contributed by atoms with Crippen molar-refractivity contribution >= 4 is 17.3 Å². The molecule has 1 aliphatic heterocycles. The topological polar surface area (TPSA) is 89.5 Å². The molecule has 0 fully saturated rings. The monoisotopic (exact) mass is 277 g/mol. The van der Waals surface area contributed by atoms with Crippen LogP contribution in [0.1, 0.15) is 30.9 Å². The third-order valence-corrected chi connectivity index (χ3v) is 3.60. The molecular formula is C14H19N3O3. The zero-order valence-electron chi connectivity index (χ0n) is 11.6. The number of anilines is 1. The maximum Gasteiger partial charge on any atom is 0.293 e. The summed E-state index contributed by atoms with van der Waals surface area (Å²) >= 11 is 0. The lowest BCUT2D eigenvalue weighted by Gasteiger charge is -2.17. The second-order valence-electron chi connectivity index (χ2n) is 4.92. The molecule has 20 heavy (non-hydrogen) atoms. The first kappa shape index (κ1) is 14.5. The largest absolute Gasteiger partial charge is 0.330 e. The van der Waals surface area contributed by atoms with E-state index in [-0.39, 0.29) is 11.6 Å². The fourth-order valence-corrected chi connectivity index (χ4v) is 2.57. The van der Waals surface area contributed by atoms with Crippen molar-refractivity contribution in [1.82, 2.24) is 0 Å². The van der Waals surface area contributed by atoms with Crippen LogP contribution >= 0.6 is 0 Å². The van der Waals surface area contributed by atoms with Crippen molar-refractivity contribution in [1.29, 1.82) is 0 Å². The van der Waals surface area contributed by atoms with Gasteiger partial charge in [-0.15, -0.1) is 0 Å². The molecule has 0 spiro atoms. The second kappa shape index (κ2) is 6.00. The van der Waals surface area contributed by atoms with Gasteiger partial charge >= 0.3 is 0 Å². The summed E-state index contributed by atoms with van der Waals surface area (Å²) in [4.78, 5) is 24.6. The van der Waals surface area contributed by atoms with Gasteiger partial charge in [0.15, 0.2) is 0 Å². The Kier molecular flexibility index (Phi) is 4.34. The Morgan fingerprint density at radius 1 is 1.50 bits per heavy atom. The number of fused-ring (bicyclic) bond motifs is 1. The van der Waals surface area contributed by atoms with Gasteiger partial charge in [0.05, 0.1) is 4.92 Å². The summed E-state index contributed by atoms with van der Waals surface area (Å²) in [5, 5.41) is 11.3. The lowest BCUT2D eigenvalue weighted by atomic mass is 10.0. The van der Waals surface area contributed by atoms with Crippen LogP contribution in [0.15, 0.2) is 12.1 Å². The average Bonchev–Trinajstić information content (AvgIpc) is 2.87. The molecule has 108 valence electrons. The van der Waals surface area contributed by atoms with E-state index in [4.69, 9.17) is 5.73 Å². The number of aryl methyl sites for hydroxylation is 1. The molecule has 0 atom stereocenters. The molecule has 2 rings (SSSR count). The Balaban J connectivity index is 2.39. The first-order valence-electron chi connectivity index (χ1n) is 6.89. The minimum absolute atomic E-state index is 0.0398. The fraction of sp³-hybridized carbons (Fsp3) is 0.500. The van der Waals surface area contributed by atoms with Crippen molar-refractivity contribution < 1.29 is 9.72 Å². The summed E-state index contributed by atoms with van der Waals surface area (Å²) in [6, 6.07) is 3.55. The van der Waals surface area contributed by atoms with Crippen LogP contribution in [0, 0.1) is 10.1 Å². The molecule has 0 unspecified atom stereocenters. The van der Waals surface area contributed by atoms with Crippen molar-refractivity contribution in [2.45, 2.75) is 32.6 Å². The van der Waals surface area contributed by atoms with E-state index >= 15 is 0 Å². The number of rotatable bonds is 5. The van der Waals surface area contributed by atoms with Gasteiger partial charge in [-0.3, -0.25) is 14.9 Å². The molecule has 0 aromatic heterocycles. The predicted octanol–water partition coefficient (Wildman–Crippen LogP) is 1.79. The summed E-state index contributed by atoms with van der Waals surface area (Å²) < 4.78 is 0. The maximum atomic E-state index is 12.1. The molecule has 0 radical (unpaired) electrons. The van der Waals surface area contributed by atoms with Gasteiger partial charge in [0.25, 0.3) is 5.69 Å². The van der Waals surface area contributed by atoms with E-state index in [1.807, 2.05) is 13.0 Å². The number of nitro benzene ring substituents is 1. The summed E-state index contributed by atoms with van der Waals surface area (Å²) in [5.74, 6) is -0.0819. The van der Waals surface area contributed by atoms with Crippen molar-refractivity contribution in [3.63, 3.8) is 0 Å². The summed E-state index contributed by atoms with van der Waals surface area (Å²) in [5.41, 5.74) is 7.76. The SMILES string of the molecule is CCc1cc2c(c([N+](=O)[O-])c1)N(C(=O)CCCN)CC2. The number of nitro groups is 1. The molecule has 6 nitrogen and oxygen atoms in total. The molecule has 0 saturated carbocycles. The van der Waals surface area contributed by atoms with Gasteiger partial charge in [-0.2, -0.15) is 0 Å². The molecule has 0 aliphatic carbocycles. The van der Waals surface area contributed by atoms with Gasteiger partial charge in [0.1, 0.15) is 5.69 Å². The van der Waals surface area contributed by atoms with E-state index in [2.05, 4.69) is 0 Å². The van der Waals surface area contributed by atoms with Crippen LogP contribution in [0.3, 0.4) is 0 Å². The van der Waals surface area contributed by atoms with Gasteiger partial charge in [0.2, 0.25) is 5.91 Å². The maximum absolute atomic E-state index is 12.1. The summed E-state index contributed by atoms with van der Waals surface area (Å²) in [7, 11) is 0. The van der Waals surface area contributed by atoms with Gasteiger partial charge < -0.3 is 10.6 Å². The highest BCUT2D eigenvalue weighted by atomic mass is 16.6. The predicted molar refractivity (Wildman–Crippen MR) is 76.8 cm³/mol. The molecule has 6 heteroatoms. The number of hydrogen-bond acceptors (Lipinski definition) is 4. The van der Waals surface area contributed by atoms with Crippen LogP contribution < -0.4 is 10.6 Å². The molecule has 1 amide bonds. The van der Waals surface area contributed by atoms with Crippen molar-refractivity contribution in [3.8, 4) is 0 Å². The first-order valence-corrected chi connectivity index (χ1v) is 6.89. The van der Waals surface area contributed by atoms with E-state index < -0.39 is 4.92 Å². The number of nitrogens with zero attached hydrogens (tertiary/aromatic N) is 2. The molecule has 0 saturated heterocycles. The van der Waals surface area contributed by atoms with Crippen molar-refractivity contribution in [2.75, 3.05) is 18.0 Å². The Hall–Kier alpha value is -1.95. The third-order valence-electron chi connectivity index (χ3n) is 3.60. The van der Waals surface area contributed by atoms with E-state index in [1.54, 1.807) is 11.0 Å². The van der Waals surface area contributed by atoms with Gasteiger partial charge in [-0.1, -0.05) is 13.0 Å². The highest BCUT2D eigenvalue weighted by Gasteiger charge is 2.32. The van der Waals surface area contributed by atoms with E-state index in [9.17, 15) is 14.9 Å². The number of nitrogens with two attached hydrogens (primary N) is 1. The summed E-state index contributed by atoms with van der Waals surface area (Å²) in [6.07, 6.45) is 2.36. The van der Waals surface area contributed by atoms with Gasteiger partial charge in [-0.25, -0.2) is 0 Å². The molecule has 1 aromatic rings. The smallest absolute Gasteiger partial charge is 0.293 e. The normalized spacial score (nSPS) is 13.4. The first-order chi connectivity index (χ1) is 9.58. The highest BCUT2D eigenvalue weighted by molar-refractivity contribution is 5.98. The molecule has 0 bridgehead atoms. The third kappa shape index (κ3) is 2.65. The second-order valence-corrected chi connectivity index (χ2v) is 4.92. The standard InChI is InChI=1S/C14H19N3O3/c1-2-10-8-11-5-7-16(13(18)4-3-6-15)14(11)12(9-10)17(19)20/h8-9H,2-7,15H2,1H3. The lowest BCUT2D eigenvalue weighted by molar-refractivity contribution is -0.384. The fourth-order valence-electron chi connectivity index (χ4n) is 2.57. The molecular weight excluding hydrogens is 258 g/mol. The number of hydrogen-bond donors (Lipinski definition) is 1. The van der Waals surface area contributed by atoms with E-state index in [1.165, 1.54) is 0 Å². The molecule has 1 heterocycles. The molecule has 1 aliphatic rings. The minimum atomic E-state index is -0.396. The van der Waals surface area contributed by atoms with Crippen LogP contribution in [-0.4, -0.2) is 23.9 Å². The number of benzene rings is 1.